The maximum Gasteiger partial charge on any atom is 0.169 e. The molecule has 0 bridgehead atoms. The monoisotopic (exact) mass is 350 g/mol. The van der Waals surface area contributed by atoms with E-state index in [9.17, 15) is 5.11 Å². The molecule has 0 aliphatic heterocycles. The van der Waals surface area contributed by atoms with Gasteiger partial charge in [0.15, 0.2) is 11.5 Å². The summed E-state index contributed by atoms with van der Waals surface area (Å²) in [6.07, 6.45) is 0.334. The van der Waals surface area contributed by atoms with Crippen LogP contribution in [0.3, 0.4) is 0 Å². The molecule has 2 aromatic carbocycles. The second-order valence-corrected chi connectivity index (χ2v) is 5.71. The molecule has 3 nitrogen and oxygen atoms in total. The molecule has 0 aromatic heterocycles. The van der Waals surface area contributed by atoms with Crippen LogP contribution in [-0.4, -0.2) is 12.2 Å². The third-order valence-electron chi connectivity index (χ3n) is 3.28. The van der Waals surface area contributed by atoms with Crippen LogP contribution in [0.25, 0.3) is 0 Å². The second kappa shape index (κ2) is 6.96. The number of methoxy groups -OCH3 is 1. The summed E-state index contributed by atoms with van der Waals surface area (Å²) in [6, 6.07) is 11.4. The van der Waals surface area contributed by atoms with Gasteiger partial charge in [0.1, 0.15) is 5.75 Å². The molecule has 0 aliphatic rings. The number of hydrogen-bond acceptors (Lipinski definition) is 3. The van der Waals surface area contributed by atoms with Crippen molar-refractivity contribution < 1.29 is 14.6 Å². The number of aryl methyl sites for hydroxylation is 1. The average Bonchev–Trinajstić information content (AvgIpc) is 2.47. The van der Waals surface area contributed by atoms with Crippen molar-refractivity contribution in [3.8, 4) is 17.2 Å². The highest BCUT2D eigenvalue weighted by Crippen LogP contribution is 2.37. The third-order valence-corrected chi connectivity index (χ3v) is 3.78. The minimum atomic E-state index is -0.603. The molecular formula is C17H19BrO3. The molecule has 0 amide bonds. The van der Waals surface area contributed by atoms with Gasteiger partial charge >= 0.3 is 0 Å². The van der Waals surface area contributed by atoms with E-state index >= 15 is 0 Å². The molecule has 1 N–H and O–H groups in total. The van der Waals surface area contributed by atoms with E-state index in [1.54, 1.807) is 14.0 Å². The Bertz CT molecular complexity index is 623. The molecule has 0 aliphatic carbocycles. The zero-order chi connectivity index (χ0) is 15.4. The first kappa shape index (κ1) is 15.9. The Morgan fingerprint density at radius 1 is 1.10 bits per heavy atom. The largest absolute Gasteiger partial charge is 0.493 e. The summed E-state index contributed by atoms with van der Waals surface area (Å²) in [7, 11) is 1.62. The fourth-order valence-corrected chi connectivity index (χ4v) is 2.42. The van der Waals surface area contributed by atoms with Crippen LogP contribution in [0.2, 0.25) is 0 Å². The molecule has 1 atom stereocenters. The summed E-state index contributed by atoms with van der Waals surface area (Å²) in [5.41, 5.74) is 1.92. The van der Waals surface area contributed by atoms with Gasteiger partial charge < -0.3 is 14.6 Å². The Balaban J connectivity index is 2.40. The van der Waals surface area contributed by atoms with Crippen LogP contribution < -0.4 is 9.47 Å². The SMILES string of the molecule is CCc1ccc(Oc2cc(Br)ccc2C(C)O)c(OC)c1. The highest BCUT2D eigenvalue weighted by Gasteiger charge is 2.13. The number of aliphatic hydroxyl groups excluding tert-OH is 1. The Morgan fingerprint density at radius 2 is 1.86 bits per heavy atom. The van der Waals surface area contributed by atoms with Crippen LogP contribution in [0.5, 0.6) is 17.2 Å². The van der Waals surface area contributed by atoms with Crippen molar-refractivity contribution in [2.24, 2.45) is 0 Å². The lowest BCUT2D eigenvalue weighted by molar-refractivity contribution is 0.195. The quantitative estimate of drug-likeness (QED) is 0.836. The Morgan fingerprint density at radius 3 is 2.48 bits per heavy atom. The van der Waals surface area contributed by atoms with E-state index in [1.807, 2.05) is 36.4 Å². The van der Waals surface area contributed by atoms with Crippen LogP contribution in [0, 0.1) is 0 Å². The van der Waals surface area contributed by atoms with Gasteiger partial charge in [-0.2, -0.15) is 0 Å². The maximum absolute atomic E-state index is 9.86. The normalized spacial score (nSPS) is 12.0. The number of halogens is 1. The summed E-state index contributed by atoms with van der Waals surface area (Å²) in [4.78, 5) is 0. The predicted octanol–water partition coefficient (Wildman–Crippen LogP) is 4.87. The lowest BCUT2D eigenvalue weighted by Crippen LogP contribution is -1.98. The average molecular weight is 351 g/mol. The fourth-order valence-electron chi connectivity index (χ4n) is 2.08. The molecule has 0 heterocycles. The minimum Gasteiger partial charge on any atom is -0.493 e. The molecule has 0 spiro atoms. The van der Waals surface area contributed by atoms with Gasteiger partial charge in [-0.05, 0) is 43.2 Å². The standard InChI is InChI=1S/C17H19BrO3/c1-4-12-5-8-15(17(9-12)20-3)21-16-10-13(18)6-7-14(16)11(2)19/h5-11,19H,4H2,1-3H3. The van der Waals surface area contributed by atoms with E-state index in [1.165, 1.54) is 5.56 Å². The smallest absolute Gasteiger partial charge is 0.169 e. The van der Waals surface area contributed by atoms with Crippen molar-refractivity contribution in [2.75, 3.05) is 7.11 Å². The van der Waals surface area contributed by atoms with Gasteiger partial charge in [-0.15, -0.1) is 0 Å². The third kappa shape index (κ3) is 3.77. The highest BCUT2D eigenvalue weighted by molar-refractivity contribution is 9.10. The maximum atomic E-state index is 9.86. The molecule has 0 saturated carbocycles. The summed E-state index contributed by atoms with van der Waals surface area (Å²) in [5, 5.41) is 9.86. The highest BCUT2D eigenvalue weighted by atomic mass is 79.9. The lowest BCUT2D eigenvalue weighted by Gasteiger charge is -2.16. The minimum absolute atomic E-state index is 0.603. The zero-order valence-corrected chi connectivity index (χ0v) is 14.0. The molecular weight excluding hydrogens is 332 g/mol. The number of rotatable bonds is 5. The van der Waals surface area contributed by atoms with Crippen LogP contribution in [0.1, 0.15) is 31.1 Å². The van der Waals surface area contributed by atoms with Gasteiger partial charge in [0.2, 0.25) is 0 Å². The molecule has 0 fully saturated rings. The molecule has 21 heavy (non-hydrogen) atoms. The van der Waals surface area contributed by atoms with Crippen LogP contribution >= 0.6 is 15.9 Å². The number of hydrogen-bond donors (Lipinski definition) is 1. The van der Waals surface area contributed by atoms with Crippen LogP contribution in [0.4, 0.5) is 0 Å². The number of ether oxygens (including phenoxy) is 2. The van der Waals surface area contributed by atoms with E-state index in [4.69, 9.17) is 9.47 Å². The van der Waals surface area contributed by atoms with Crippen molar-refractivity contribution in [2.45, 2.75) is 26.4 Å². The molecule has 112 valence electrons. The number of aliphatic hydroxyl groups is 1. The van der Waals surface area contributed by atoms with E-state index in [0.29, 0.717) is 17.2 Å². The fraction of sp³-hybridized carbons (Fsp3) is 0.294. The zero-order valence-electron chi connectivity index (χ0n) is 12.4. The first-order valence-electron chi connectivity index (χ1n) is 6.87. The van der Waals surface area contributed by atoms with E-state index in [-0.39, 0.29) is 0 Å². The predicted molar refractivity (Wildman–Crippen MR) is 87.2 cm³/mol. The second-order valence-electron chi connectivity index (χ2n) is 4.80. The Labute approximate surface area is 133 Å². The van der Waals surface area contributed by atoms with Crippen LogP contribution in [0.15, 0.2) is 40.9 Å². The molecule has 4 heteroatoms. The van der Waals surface area contributed by atoms with Crippen molar-refractivity contribution >= 4 is 15.9 Å². The molecule has 0 saturated heterocycles. The molecule has 2 rings (SSSR count). The van der Waals surface area contributed by atoms with Gasteiger partial charge in [0, 0.05) is 10.0 Å². The van der Waals surface area contributed by atoms with Gasteiger partial charge in [-0.25, -0.2) is 0 Å². The van der Waals surface area contributed by atoms with Gasteiger partial charge in [0.25, 0.3) is 0 Å². The van der Waals surface area contributed by atoms with Gasteiger partial charge in [-0.1, -0.05) is 35.0 Å². The van der Waals surface area contributed by atoms with Crippen molar-refractivity contribution in [1.29, 1.82) is 0 Å². The summed E-state index contributed by atoms with van der Waals surface area (Å²) in [6.45, 7) is 3.81. The molecule has 0 radical (unpaired) electrons. The number of benzene rings is 2. The van der Waals surface area contributed by atoms with Crippen LogP contribution in [-0.2, 0) is 6.42 Å². The van der Waals surface area contributed by atoms with Crippen molar-refractivity contribution in [3.63, 3.8) is 0 Å². The van der Waals surface area contributed by atoms with Crippen molar-refractivity contribution in [1.82, 2.24) is 0 Å². The molecule has 2 aromatic rings. The first-order chi connectivity index (χ1) is 10.0. The van der Waals surface area contributed by atoms with Crippen molar-refractivity contribution in [3.05, 3.63) is 52.0 Å². The summed E-state index contributed by atoms with van der Waals surface area (Å²) in [5.74, 6) is 1.93. The Kier molecular flexibility index (Phi) is 5.26. The van der Waals surface area contributed by atoms with E-state index in [0.717, 1.165) is 16.5 Å². The lowest BCUT2D eigenvalue weighted by atomic mass is 10.1. The first-order valence-corrected chi connectivity index (χ1v) is 7.66. The Hall–Kier alpha value is -1.52. The topological polar surface area (TPSA) is 38.7 Å². The van der Waals surface area contributed by atoms with E-state index in [2.05, 4.69) is 22.9 Å². The van der Waals surface area contributed by atoms with Gasteiger partial charge in [0.05, 0.1) is 13.2 Å². The van der Waals surface area contributed by atoms with Gasteiger partial charge in [-0.3, -0.25) is 0 Å². The summed E-state index contributed by atoms with van der Waals surface area (Å²) < 4.78 is 12.2. The van der Waals surface area contributed by atoms with E-state index < -0.39 is 6.10 Å². The molecule has 1 unspecified atom stereocenters. The summed E-state index contributed by atoms with van der Waals surface area (Å²) >= 11 is 3.42.